The Morgan fingerprint density at radius 1 is 1.18 bits per heavy atom. The molecule has 0 radical (unpaired) electrons. The molecule has 0 heterocycles. The van der Waals surface area contributed by atoms with Crippen molar-refractivity contribution in [3.05, 3.63) is 0 Å². The van der Waals surface area contributed by atoms with Crippen molar-refractivity contribution in [3.8, 4) is 0 Å². The molecule has 3 nitrogen and oxygen atoms in total. The molecule has 0 aliphatic carbocycles. The van der Waals surface area contributed by atoms with Crippen LogP contribution in [0, 0.1) is 5.92 Å². The van der Waals surface area contributed by atoms with Gasteiger partial charge in [-0.3, -0.25) is 0 Å². The quantitative estimate of drug-likeness (QED) is 0.419. The topological polar surface area (TPSA) is 52.8 Å². The second-order valence-electron chi connectivity index (χ2n) is 2.67. The number of hydrogen-bond donors (Lipinski definition) is 2. The highest BCUT2D eigenvalue weighted by molar-refractivity contribution is 5.22. The van der Waals surface area contributed by atoms with Crippen LogP contribution in [0.2, 0.25) is 0 Å². The zero-order valence-corrected chi connectivity index (χ0v) is 6.87. The van der Waals surface area contributed by atoms with Crippen LogP contribution in [0.4, 0.5) is 0 Å². The lowest BCUT2D eigenvalue weighted by molar-refractivity contribution is 0.142. The predicted molar refractivity (Wildman–Crippen MR) is 45.9 cm³/mol. The molecule has 2 N–H and O–H groups in total. The fourth-order valence-corrected chi connectivity index (χ4v) is 0.897. The highest BCUT2D eigenvalue weighted by atomic mass is 16.3. The molecule has 0 rings (SSSR count). The van der Waals surface area contributed by atoms with Crippen molar-refractivity contribution in [1.82, 2.24) is 0 Å². The molecular weight excluding hydrogens is 142 g/mol. The van der Waals surface area contributed by atoms with E-state index in [1.165, 1.54) is 0 Å². The molecule has 0 aromatic rings. The van der Waals surface area contributed by atoms with Crippen LogP contribution in [0.15, 0.2) is 4.99 Å². The van der Waals surface area contributed by atoms with Crippen LogP contribution in [0.3, 0.4) is 0 Å². The summed E-state index contributed by atoms with van der Waals surface area (Å²) in [7, 11) is 0. The number of hydrogen-bond acceptors (Lipinski definition) is 3. The second-order valence-corrected chi connectivity index (χ2v) is 2.67. The van der Waals surface area contributed by atoms with Crippen LogP contribution in [0.1, 0.15) is 19.3 Å². The van der Waals surface area contributed by atoms with Crippen molar-refractivity contribution in [2.75, 3.05) is 19.8 Å². The monoisotopic (exact) mass is 159 g/mol. The fourth-order valence-electron chi connectivity index (χ4n) is 0.897. The second kappa shape index (κ2) is 7.69. The predicted octanol–water partition coefficient (Wildman–Crippen LogP) is 0.458. The van der Waals surface area contributed by atoms with E-state index in [4.69, 9.17) is 10.2 Å². The smallest absolute Gasteiger partial charge is 0.0481 e. The molecule has 0 unspecified atom stereocenters. The molecule has 0 spiro atoms. The highest BCUT2D eigenvalue weighted by Gasteiger charge is 2.03. The Bertz CT molecular complexity index is 92.1. The minimum atomic E-state index is 0.0554. The Labute approximate surface area is 67.8 Å². The largest absolute Gasteiger partial charge is 0.396 e. The van der Waals surface area contributed by atoms with Gasteiger partial charge in [-0.05, 0) is 19.6 Å². The molecule has 66 valence electrons. The Balaban J connectivity index is 3.13. The van der Waals surface area contributed by atoms with Gasteiger partial charge in [0.1, 0.15) is 0 Å². The van der Waals surface area contributed by atoms with E-state index < -0.39 is 0 Å². The third kappa shape index (κ3) is 6.01. The van der Waals surface area contributed by atoms with E-state index in [1.54, 1.807) is 0 Å². The molecule has 11 heavy (non-hydrogen) atoms. The van der Waals surface area contributed by atoms with Crippen LogP contribution < -0.4 is 0 Å². The average Bonchev–Trinajstić information content (AvgIpc) is 2.05. The van der Waals surface area contributed by atoms with Crippen molar-refractivity contribution in [3.63, 3.8) is 0 Å². The van der Waals surface area contributed by atoms with Gasteiger partial charge in [-0.25, -0.2) is 0 Å². The summed E-state index contributed by atoms with van der Waals surface area (Å²) in [6, 6.07) is 0. The Morgan fingerprint density at radius 2 is 1.82 bits per heavy atom. The Morgan fingerprint density at radius 3 is 2.27 bits per heavy atom. The summed E-state index contributed by atoms with van der Waals surface area (Å²) in [6.07, 6.45) is 2.88. The maximum absolute atomic E-state index is 8.69. The number of aliphatic hydroxyl groups is 2. The van der Waals surface area contributed by atoms with Crippen molar-refractivity contribution in [2.45, 2.75) is 19.3 Å². The summed E-state index contributed by atoms with van der Waals surface area (Å²) in [4.78, 5) is 3.71. The summed E-state index contributed by atoms with van der Waals surface area (Å²) < 4.78 is 0. The van der Waals surface area contributed by atoms with E-state index in [9.17, 15) is 0 Å². The first-order valence-electron chi connectivity index (χ1n) is 3.99. The van der Waals surface area contributed by atoms with Gasteiger partial charge >= 0.3 is 0 Å². The van der Waals surface area contributed by atoms with Gasteiger partial charge in [-0.15, -0.1) is 0 Å². The van der Waals surface area contributed by atoms with Gasteiger partial charge < -0.3 is 15.2 Å². The minimum absolute atomic E-state index is 0.0554. The van der Waals surface area contributed by atoms with Crippen LogP contribution in [-0.4, -0.2) is 36.7 Å². The SMILES string of the molecule is C=NCCCCC(CO)CO. The number of unbranched alkanes of at least 4 members (excludes halogenated alkanes) is 1. The first-order valence-corrected chi connectivity index (χ1v) is 3.99. The van der Waals surface area contributed by atoms with Gasteiger partial charge in [0, 0.05) is 25.7 Å². The van der Waals surface area contributed by atoms with Crippen molar-refractivity contribution in [1.29, 1.82) is 0 Å². The molecule has 0 aliphatic rings. The van der Waals surface area contributed by atoms with E-state index in [-0.39, 0.29) is 19.1 Å². The number of aliphatic hydroxyl groups excluding tert-OH is 2. The summed E-state index contributed by atoms with van der Waals surface area (Å²) in [6.45, 7) is 4.31. The van der Waals surface area contributed by atoms with Gasteiger partial charge in [-0.1, -0.05) is 6.42 Å². The maximum atomic E-state index is 8.69. The van der Waals surface area contributed by atoms with Crippen molar-refractivity contribution >= 4 is 6.72 Å². The van der Waals surface area contributed by atoms with E-state index in [0.717, 1.165) is 25.8 Å². The summed E-state index contributed by atoms with van der Waals surface area (Å²) >= 11 is 0. The molecule has 0 aromatic heterocycles. The van der Waals surface area contributed by atoms with Crippen molar-refractivity contribution < 1.29 is 10.2 Å². The lowest BCUT2D eigenvalue weighted by atomic mass is 10.0. The fraction of sp³-hybridized carbons (Fsp3) is 0.875. The third-order valence-electron chi connectivity index (χ3n) is 1.69. The summed E-state index contributed by atoms with van der Waals surface area (Å²) in [5.41, 5.74) is 0. The van der Waals surface area contributed by atoms with E-state index in [1.807, 2.05) is 0 Å². The average molecular weight is 159 g/mol. The highest BCUT2D eigenvalue weighted by Crippen LogP contribution is 2.06. The lowest BCUT2D eigenvalue weighted by Crippen LogP contribution is -2.10. The van der Waals surface area contributed by atoms with Gasteiger partial charge in [0.05, 0.1) is 0 Å². The van der Waals surface area contributed by atoms with Crippen LogP contribution in [0.5, 0.6) is 0 Å². The van der Waals surface area contributed by atoms with Gasteiger partial charge in [0.15, 0.2) is 0 Å². The molecular formula is C8H17NO2. The molecule has 0 aromatic carbocycles. The normalized spacial score (nSPS) is 10.5. The van der Waals surface area contributed by atoms with Crippen LogP contribution in [-0.2, 0) is 0 Å². The molecule has 0 saturated carbocycles. The summed E-state index contributed by atoms with van der Waals surface area (Å²) in [5, 5.41) is 17.4. The minimum Gasteiger partial charge on any atom is -0.396 e. The lowest BCUT2D eigenvalue weighted by Gasteiger charge is -2.08. The van der Waals surface area contributed by atoms with Gasteiger partial charge in [0.2, 0.25) is 0 Å². The molecule has 0 amide bonds. The molecule has 0 atom stereocenters. The van der Waals surface area contributed by atoms with Gasteiger partial charge in [-0.2, -0.15) is 0 Å². The van der Waals surface area contributed by atoms with Crippen LogP contribution in [0.25, 0.3) is 0 Å². The number of aliphatic imine (C=N–C) groups is 1. The maximum Gasteiger partial charge on any atom is 0.0481 e. The van der Waals surface area contributed by atoms with E-state index in [2.05, 4.69) is 11.7 Å². The van der Waals surface area contributed by atoms with Crippen molar-refractivity contribution in [2.24, 2.45) is 10.9 Å². The number of rotatable bonds is 7. The van der Waals surface area contributed by atoms with E-state index >= 15 is 0 Å². The first kappa shape index (κ1) is 10.6. The third-order valence-corrected chi connectivity index (χ3v) is 1.69. The number of nitrogens with zero attached hydrogens (tertiary/aromatic N) is 1. The van der Waals surface area contributed by atoms with Crippen LogP contribution >= 0.6 is 0 Å². The molecule has 0 saturated heterocycles. The zero-order valence-electron chi connectivity index (χ0n) is 6.87. The first-order chi connectivity index (χ1) is 5.35. The van der Waals surface area contributed by atoms with Gasteiger partial charge in [0.25, 0.3) is 0 Å². The molecule has 0 aliphatic heterocycles. The Kier molecular flexibility index (Phi) is 7.41. The Hall–Kier alpha value is -0.410. The zero-order chi connectivity index (χ0) is 8.53. The standard InChI is InChI=1S/C8H17NO2/c1-9-5-3-2-4-8(6-10)7-11/h8,10-11H,1-7H2. The molecule has 0 bridgehead atoms. The molecule has 3 heteroatoms. The molecule has 0 fully saturated rings. The summed E-state index contributed by atoms with van der Waals surface area (Å²) in [5.74, 6) is 0.0554. The van der Waals surface area contributed by atoms with E-state index in [0.29, 0.717) is 0 Å².